The molecule has 0 bridgehead atoms. The molecule has 0 aliphatic rings. The van der Waals surface area contributed by atoms with Crippen LogP contribution in [0.2, 0.25) is 0 Å². The van der Waals surface area contributed by atoms with Crippen molar-refractivity contribution < 1.29 is 27.5 Å². The highest BCUT2D eigenvalue weighted by molar-refractivity contribution is 7.89. The summed E-state index contributed by atoms with van der Waals surface area (Å²) in [5, 5.41) is 2.64. The Morgan fingerprint density at radius 2 is 1.59 bits per heavy atom. The van der Waals surface area contributed by atoms with Crippen LogP contribution in [0.1, 0.15) is 16.7 Å². The first-order valence-corrected chi connectivity index (χ1v) is 13.2. The maximum atomic E-state index is 12.9. The number of hydrogen-bond acceptors (Lipinski definition) is 7. The molecule has 1 amide bonds. The Bertz CT molecular complexity index is 1260. The number of nitrogens with one attached hydrogen (secondary N) is 2. The van der Waals surface area contributed by atoms with Crippen molar-refractivity contribution in [2.75, 3.05) is 19.7 Å². The molecule has 3 rings (SSSR count). The number of esters is 1. The normalized spacial score (nSPS) is 11.9. The SMILES string of the molecule is Cc1ccc(S(=O)(=O)NC(Cc2ccc(OCC(=O)OCc3ccccc3)cc2)C(=O)NCCN)cc1. The van der Waals surface area contributed by atoms with Gasteiger partial charge < -0.3 is 20.5 Å². The quantitative estimate of drug-likeness (QED) is 0.291. The van der Waals surface area contributed by atoms with Gasteiger partial charge in [0.1, 0.15) is 18.4 Å². The number of aryl methyl sites for hydroxylation is 1. The lowest BCUT2D eigenvalue weighted by Gasteiger charge is -2.19. The van der Waals surface area contributed by atoms with Crippen LogP contribution in [-0.4, -0.2) is 46.0 Å². The van der Waals surface area contributed by atoms with Crippen LogP contribution in [0, 0.1) is 6.92 Å². The summed E-state index contributed by atoms with van der Waals surface area (Å²) >= 11 is 0. The molecular formula is C27H31N3O6S. The average molecular weight is 526 g/mol. The van der Waals surface area contributed by atoms with Gasteiger partial charge in [0.15, 0.2) is 6.61 Å². The number of benzene rings is 3. The summed E-state index contributed by atoms with van der Waals surface area (Å²) in [6, 6.07) is 21.3. The van der Waals surface area contributed by atoms with E-state index in [1.54, 1.807) is 36.4 Å². The highest BCUT2D eigenvalue weighted by atomic mass is 32.2. The molecule has 0 aromatic heterocycles. The second-order valence-electron chi connectivity index (χ2n) is 8.35. The molecule has 1 unspecified atom stereocenters. The number of ether oxygens (including phenoxy) is 2. The molecule has 0 heterocycles. The van der Waals surface area contributed by atoms with E-state index in [4.69, 9.17) is 15.2 Å². The molecule has 4 N–H and O–H groups in total. The first kappa shape index (κ1) is 27.9. The van der Waals surface area contributed by atoms with Crippen LogP contribution in [-0.2, 0) is 37.4 Å². The zero-order valence-corrected chi connectivity index (χ0v) is 21.4. The van der Waals surface area contributed by atoms with Crippen molar-refractivity contribution in [3.05, 3.63) is 95.6 Å². The molecule has 196 valence electrons. The van der Waals surface area contributed by atoms with Crippen LogP contribution in [0.25, 0.3) is 0 Å². The van der Waals surface area contributed by atoms with Crippen LogP contribution in [0.5, 0.6) is 5.75 Å². The predicted octanol–water partition coefficient (Wildman–Crippen LogP) is 2.08. The van der Waals surface area contributed by atoms with E-state index in [-0.39, 0.29) is 37.6 Å². The number of carbonyl (C=O) groups excluding carboxylic acids is 2. The fraction of sp³-hybridized carbons (Fsp3) is 0.259. The zero-order valence-electron chi connectivity index (χ0n) is 20.6. The Kier molecular flexibility index (Phi) is 10.2. The lowest BCUT2D eigenvalue weighted by molar-refractivity contribution is -0.147. The zero-order chi connectivity index (χ0) is 26.7. The lowest BCUT2D eigenvalue weighted by atomic mass is 10.1. The van der Waals surface area contributed by atoms with Crippen LogP contribution >= 0.6 is 0 Å². The molecule has 3 aromatic carbocycles. The Morgan fingerprint density at radius 1 is 0.919 bits per heavy atom. The van der Waals surface area contributed by atoms with Crippen molar-refractivity contribution >= 4 is 21.9 Å². The number of sulfonamides is 1. The summed E-state index contributed by atoms with van der Waals surface area (Å²) in [7, 11) is -3.94. The number of amides is 1. The van der Waals surface area contributed by atoms with Gasteiger partial charge in [0, 0.05) is 13.1 Å². The van der Waals surface area contributed by atoms with Gasteiger partial charge in [-0.15, -0.1) is 0 Å². The Balaban J connectivity index is 1.60. The van der Waals surface area contributed by atoms with Crippen molar-refractivity contribution in [1.82, 2.24) is 10.0 Å². The second-order valence-corrected chi connectivity index (χ2v) is 10.1. The van der Waals surface area contributed by atoms with Gasteiger partial charge in [-0.05, 0) is 48.7 Å². The van der Waals surface area contributed by atoms with Crippen LogP contribution in [0.15, 0.2) is 83.8 Å². The molecule has 9 nitrogen and oxygen atoms in total. The fourth-order valence-electron chi connectivity index (χ4n) is 3.36. The summed E-state index contributed by atoms with van der Waals surface area (Å²) in [4.78, 5) is 24.7. The molecule has 1 atom stereocenters. The molecule has 0 saturated heterocycles. The van der Waals surface area contributed by atoms with E-state index in [1.807, 2.05) is 37.3 Å². The van der Waals surface area contributed by atoms with Crippen molar-refractivity contribution in [3.8, 4) is 5.75 Å². The van der Waals surface area contributed by atoms with Gasteiger partial charge >= 0.3 is 5.97 Å². The molecule has 0 saturated carbocycles. The molecule has 0 aliphatic heterocycles. The maximum Gasteiger partial charge on any atom is 0.344 e. The van der Waals surface area contributed by atoms with E-state index < -0.39 is 27.9 Å². The topological polar surface area (TPSA) is 137 Å². The van der Waals surface area contributed by atoms with Gasteiger partial charge in [0.2, 0.25) is 15.9 Å². The van der Waals surface area contributed by atoms with Crippen LogP contribution in [0.4, 0.5) is 0 Å². The lowest BCUT2D eigenvalue weighted by Crippen LogP contribution is -2.48. The van der Waals surface area contributed by atoms with Crippen molar-refractivity contribution in [3.63, 3.8) is 0 Å². The predicted molar refractivity (Wildman–Crippen MR) is 139 cm³/mol. The minimum Gasteiger partial charge on any atom is -0.482 e. The third kappa shape index (κ3) is 9.02. The monoisotopic (exact) mass is 525 g/mol. The van der Waals surface area contributed by atoms with Gasteiger partial charge in [-0.3, -0.25) is 4.79 Å². The van der Waals surface area contributed by atoms with Gasteiger partial charge in [-0.2, -0.15) is 4.72 Å². The summed E-state index contributed by atoms with van der Waals surface area (Å²) in [5.41, 5.74) is 7.97. The van der Waals surface area contributed by atoms with Crippen molar-refractivity contribution in [1.29, 1.82) is 0 Å². The molecule has 0 aliphatic carbocycles. The first-order valence-electron chi connectivity index (χ1n) is 11.7. The second kappa shape index (κ2) is 13.5. The number of hydrogen-bond donors (Lipinski definition) is 3. The van der Waals surface area contributed by atoms with Gasteiger partial charge in [0.05, 0.1) is 4.90 Å². The minimum absolute atomic E-state index is 0.0672. The van der Waals surface area contributed by atoms with Gasteiger partial charge in [0.25, 0.3) is 0 Å². The molecule has 3 aromatic rings. The third-order valence-corrected chi connectivity index (χ3v) is 6.84. The Hall–Kier alpha value is -3.73. The van der Waals surface area contributed by atoms with Crippen molar-refractivity contribution in [2.24, 2.45) is 5.73 Å². The first-order chi connectivity index (χ1) is 17.8. The molecule has 0 radical (unpaired) electrons. The van der Waals surface area contributed by atoms with E-state index in [0.29, 0.717) is 11.3 Å². The highest BCUT2D eigenvalue weighted by Gasteiger charge is 2.26. The van der Waals surface area contributed by atoms with E-state index >= 15 is 0 Å². The number of carbonyl (C=O) groups is 2. The van der Waals surface area contributed by atoms with E-state index in [2.05, 4.69) is 10.0 Å². The Morgan fingerprint density at radius 3 is 2.24 bits per heavy atom. The molecular weight excluding hydrogens is 494 g/mol. The summed E-state index contributed by atoms with van der Waals surface area (Å²) < 4.78 is 39.0. The minimum atomic E-state index is -3.94. The summed E-state index contributed by atoms with van der Waals surface area (Å²) in [6.07, 6.45) is 0.0981. The Labute approximate surface area is 217 Å². The molecule has 37 heavy (non-hydrogen) atoms. The van der Waals surface area contributed by atoms with E-state index in [0.717, 1.165) is 11.1 Å². The molecule has 0 spiro atoms. The standard InChI is InChI=1S/C27H31N3O6S/c1-20-7-13-24(14-8-20)37(33,34)30-25(27(32)29-16-15-28)17-21-9-11-23(12-10-21)35-19-26(31)36-18-22-5-3-2-4-6-22/h2-14,25,30H,15-19,28H2,1H3,(H,29,32). The van der Waals surface area contributed by atoms with Crippen LogP contribution in [0.3, 0.4) is 0 Å². The van der Waals surface area contributed by atoms with E-state index in [1.165, 1.54) is 12.1 Å². The molecule has 0 fully saturated rings. The third-order valence-electron chi connectivity index (χ3n) is 5.35. The smallest absolute Gasteiger partial charge is 0.344 e. The summed E-state index contributed by atoms with van der Waals surface area (Å²) in [5.74, 6) is -0.553. The maximum absolute atomic E-state index is 12.9. The number of nitrogens with two attached hydrogens (primary N) is 1. The van der Waals surface area contributed by atoms with Gasteiger partial charge in [-0.25, -0.2) is 13.2 Å². The highest BCUT2D eigenvalue weighted by Crippen LogP contribution is 2.16. The summed E-state index contributed by atoms with van der Waals surface area (Å²) in [6.45, 7) is 2.20. The number of rotatable bonds is 13. The molecule has 10 heteroatoms. The largest absolute Gasteiger partial charge is 0.482 e. The van der Waals surface area contributed by atoms with Crippen molar-refractivity contribution in [2.45, 2.75) is 30.9 Å². The van der Waals surface area contributed by atoms with Gasteiger partial charge in [-0.1, -0.05) is 60.2 Å². The fourth-order valence-corrected chi connectivity index (χ4v) is 4.55. The van der Waals surface area contributed by atoms with Crippen LogP contribution < -0.4 is 20.5 Å². The van der Waals surface area contributed by atoms with E-state index in [9.17, 15) is 18.0 Å². The average Bonchev–Trinajstić information content (AvgIpc) is 2.90.